The van der Waals surface area contributed by atoms with E-state index in [0.29, 0.717) is 23.8 Å². The Labute approximate surface area is 98.6 Å². The molecular weight excluding hydrogens is 200 g/mol. The molecule has 3 nitrogen and oxygen atoms in total. The van der Waals surface area contributed by atoms with Gasteiger partial charge in [0.25, 0.3) is 0 Å². The first kappa shape index (κ1) is 11.9. The minimum absolute atomic E-state index is 0.117. The molecular formula is C13H24N2O. The molecule has 92 valence electrons. The van der Waals surface area contributed by atoms with Crippen molar-refractivity contribution in [2.75, 3.05) is 13.1 Å². The van der Waals surface area contributed by atoms with Crippen LogP contribution in [0.1, 0.15) is 40.0 Å². The number of nitrogens with one attached hydrogen (secondary N) is 1. The second-order valence-corrected chi connectivity index (χ2v) is 5.79. The standard InChI is InChI=1S/C13H24N2O/c1-9(2)10(3)8-15-7-6-12(13(15)16)14-11-4-5-11/h9-12,14H,4-8H2,1-3H3. The molecule has 2 aliphatic rings. The van der Waals surface area contributed by atoms with Crippen molar-refractivity contribution in [2.45, 2.75) is 52.1 Å². The van der Waals surface area contributed by atoms with Crippen molar-refractivity contribution in [1.82, 2.24) is 10.2 Å². The Morgan fingerprint density at radius 3 is 2.56 bits per heavy atom. The van der Waals surface area contributed by atoms with E-state index < -0.39 is 0 Å². The molecule has 1 amide bonds. The number of carbonyl (C=O) groups is 1. The minimum atomic E-state index is 0.117. The van der Waals surface area contributed by atoms with Gasteiger partial charge >= 0.3 is 0 Å². The zero-order chi connectivity index (χ0) is 11.7. The molecule has 0 aromatic rings. The van der Waals surface area contributed by atoms with Crippen LogP contribution in [0.3, 0.4) is 0 Å². The van der Waals surface area contributed by atoms with Gasteiger partial charge in [0.2, 0.25) is 5.91 Å². The molecule has 16 heavy (non-hydrogen) atoms. The summed E-state index contributed by atoms with van der Waals surface area (Å²) in [6.07, 6.45) is 3.51. The number of rotatable bonds is 5. The summed E-state index contributed by atoms with van der Waals surface area (Å²) in [4.78, 5) is 14.1. The van der Waals surface area contributed by atoms with Gasteiger partial charge in [-0.3, -0.25) is 4.79 Å². The minimum Gasteiger partial charge on any atom is -0.341 e. The molecule has 2 atom stereocenters. The van der Waals surface area contributed by atoms with Gasteiger partial charge in [0.1, 0.15) is 0 Å². The highest BCUT2D eigenvalue weighted by molar-refractivity contribution is 5.84. The lowest BCUT2D eigenvalue weighted by atomic mass is 9.98. The first-order valence-electron chi connectivity index (χ1n) is 6.62. The van der Waals surface area contributed by atoms with Crippen LogP contribution in [0.25, 0.3) is 0 Å². The highest BCUT2D eigenvalue weighted by Crippen LogP contribution is 2.23. The largest absolute Gasteiger partial charge is 0.341 e. The van der Waals surface area contributed by atoms with E-state index in [9.17, 15) is 4.79 Å². The van der Waals surface area contributed by atoms with E-state index in [4.69, 9.17) is 0 Å². The molecule has 1 saturated carbocycles. The fourth-order valence-electron chi connectivity index (χ4n) is 2.17. The van der Waals surface area contributed by atoms with E-state index in [1.54, 1.807) is 0 Å². The third kappa shape index (κ3) is 2.76. The van der Waals surface area contributed by atoms with Gasteiger partial charge in [-0.2, -0.15) is 0 Å². The van der Waals surface area contributed by atoms with E-state index >= 15 is 0 Å². The Hall–Kier alpha value is -0.570. The van der Waals surface area contributed by atoms with Crippen molar-refractivity contribution in [2.24, 2.45) is 11.8 Å². The highest BCUT2D eigenvalue weighted by Gasteiger charge is 2.35. The highest BCUT2D eigenvalue weighted by atomic mass is 16.2. The van der Waals surface area contributed by atoms with E-state index in [1.807, 2.05) is 4.90 Å². The third-order valence-electron chi connectivity index (χ3n) is 3.96. The normalized spacial score (nSPS) is 27.9. The monoisotopic (exact) mass is 224 g/mol. The lowest BCUT2D eigenvalue weighted by Crippen LogP contribution is -2.41. The number of hydrogen-bond donors (Lipinski definition) is 1. The molecule has 3 heteroatoms. The Morgan fingerprint density at radius 1 is 1.31 bits per heavy atom. The van der Waals surface area contributed by atoms with E-state index in [-0.39, 0.29) is 6.04 Å². The van der Waals surface area contributed by atoms with Crippen molar-refractivity contribution < 1.29 is 4.79 Å². The molecule has 0 radical (unpaired) electrons. The summed E-state index contributed by atoms with van der Waals surface area (Å²) in [5.41, 5.74) is 0. The molecule has 1 N–H and O–H groups in total. The van der Waals surface area contributed by atoms with Gasteiger partial charge in [0, 0.05) is 19.1 Å². The third-order valence-corrected chi connectivity index (χ3v) is 3.96. The fraction of sp³-hybridized carbons (Fsp3) is 0.923. The van der Waals surface area contributed by atoms with Crippen molar-refractivity contribution in [1.29, 1.82) is 0 Å². The molecule has 2 unspecified atom stereocenters. The number of amides is 1. The van der Waals surface area contributed by atoms with Crippen LogP contribution in [0.15, 0.2) is 0 Å². The zero-order valence-corrected chi connectivity index (χ0v) is 10.7. The number of nitrogens with zero attached hydrogens (tertiary/aromatic N) is 1. The molecule has 0 aromatic heterocycles. The summed E-state index contributed by atoms with van der Waals surface area (Å²) in [6.45, 7) is 8.56. The summed E-state index contributed by atoms with van der Waals surface area (Å²) in [6, 6.07) is 0.753. The summed E-state index contributed by atoms with van der Waals surface area (Å²) >= 11 is 0. The number of likely N-dealkylation sites (tertiary alicyclic amines) is 1. The maximum absolute atomic E-state index is 12.1. The van der Waals surface area contributed by atoms with E-state index in [2.05, 4.69) is 26.1 Å². The van der Waals surface area contributed by atoms with Crippen LogP contribution >= 0.6 is 0 Å². The lowest BCUT2D eigenvalue weighted by molar-refractivity contribution is -0.130. The van der Waals surface area contributed by atoms with Crippen LogP contribution in [0.2, 0.25) is 0 Å². The van der Waals surface area contributed by atoms with Crippen molar-refractivity contribution in [3.05, 3.63) is 0 Å². The summed E-state index contributed by atoms with van der Waals surface area (Å²) in [5, 5.41) is 3.44. The Balaban J connectivity index is 1.81. The SMILES string of the molecule is CC(C)C(C)CN1CCC(NC2CC2)C1=O. The Kier molecular flexibility index (Phi) is 3.53. The topological polar surface area (TPSA) is 32.3 Å². The van der Waals surface area contributed by atoms with Crippen molar-refractivity contribution in [3.63, 3.8) is 0 Å². The van der Waals surface area contributed by atoms with Gasteiger partial charge in [-0.15, -0.1) is 0 Å². The van der Waals surface area contributed by atoms with Gasteiger partial charge in [0.05, 0.1) is 6.04 Å². The zero-order valence-electron chi connectivity index (χ0n) is 10.7. The van der Waals surface area contributed by atoms with E-state index in [1.165, 1.54) is 12.8 Å². The average Bonchev–Trinajstić information content (AvgIpc) is 2.98. The molecule has 0 bridgehead atoms. The summed E-state index contributed by atoms with van der Waals surface area (Å²) in [5.74, 6) is 1.59. The maximum atomic E-state index is 12.1. The van der Waals surface area contributed by atoms with Crippen LogP contribution in [0.5, 0.6) is 0 Å². The lowest BCUT2D eigenvalue weighted by Gasteiger charge is -2.23. The average molecular weight is 224 g/mol. The van der Waals surface area contributed by atoms with Crippen molar-refractivity contribution in [3.8, 4) is 0 Å². The van der Waals surface area contributed by atoms with Crippen molar-refractivity contribution >= 4 is 5.91 Å². The molecule has 2 rings (SSSR count). The molecule has 1 aliphatic heterocycles. The first-order valence-corrected chi connectivity index (χ1v) is 6.62. The first-order chi connectivity index (χ1) is 7.58. The van der Waals surface area contributed by atoms with Gasteiger partial charge in [-0.25, -0.2) is 0 Å². The van der Waals surface area contributed by atoms with Crippen LogP contribution in [0, 0.1) is 11.8 Å². The molecule has 1 heterocycles. The molecule has 1 saturated heterocycles. The summed E-state index contributed by atoms with van der Waals surface area (Å²) < 4.78 is 0. The predicted octanol–water partition coefficient (Wildman–Crippen LogP) is 1.63. The number of hydrogen-bond acceptors (Lipinski definition) is 2. The quantitative estimate of drug-likeness (QED) is 0.770. The van der Waals surface area contributed by atoms with Gasteiger partial charge in [-0.05, 0) is 31.1 Å². The summed E-state index contributed by atoms with van der Waals surface area (Å²) in [7, 11) is 0. The maximum Gasteiger partial charge on any atom is 0.239 e. The number of carbonyl (C=O) groups excluding carboxylic acids is 1. The van der Waals surface area contributed by atoms with Crippen LogP contribution < -0.4 is 5.32 Å². The molecule has 2 fully saturated rings. The van der Waals surface area contributed by atoms with Gasteiger partial charge in [-0.1, -0.05) is 20.8 Å². The second kappa shape index (κ2) is 4.74. The molecule has 0 aromatic carbocycles. The second-order valence-electron chi connectivity index (χ2n) is 5.79. The van der Waals surface area contributed by atoms with E-state index in [0.717, 1.165) is 19.5 Å². The Bertz CT molecular complexity index is 261. The molecule has 0 spiro atoms. The smallest absolute Gasteiger partial charge is 0.239 e. The Morgan fingerprint density at radius 2 is 2.00 bits per heavy atom. The van der Waals surface area contributed by atoms with Gasteiger partial charge < -0.3 is 10.2 Å². The van der Waals surface area contributed by atoms with Gasteiger partial charge in [0.15, 0.2) is 0 Å². The van der Waals surface area contributed by atoms with Crippen LogP contribution in [0.4, 0.5) is 0 Å². The van der Waals surface area contributed by atoms with Crippen LogP contribution in [-0.2, 0) is 4.79 Å². The molecule has 1 aliphatic carbocycles. The fourth-order valence-corrected chi connectivity index (χ4v) is 2.17. The van der Waals surface area contributed by atoms with Crippen LogP contribution in [-0.4, -0.2) is 36.0 Å². The predicted molar refractivity (Wildman–Crippen MR) is 65.1 cm³/mol.